The lowest BCUT2D eigenvalue weighted by molar-refractivity contribution is -0.142. The molecular formula is C15H28N2O3. The number of aliphatic carboxylic acids is 1. The van der Waals surface area contributed by atoms with E-state index in [1.165, 1.54) is 12.8 Å². The second-order valence-electron chi connectivity index (χ2n) is 5.98. The zero-order valence-corrected chi connectivity index (χ0v) is 12.9. The van der Waals surface area contributed by atoms with E-state index in [0.717, 1.165) is 25.8 Å². The molecule has 0 bridgehead atoms. The molecule has 0 aliphatic carbocycles. The predicted octanol–water partition coefficient (Wildman–Crippen LogP) is 2.71. The fraction of sp³-hybridized carbons (Fsp3) is 0.867. The van der Waals surface area contributed by atoms with E-state index in [2.05, 4.69) is 12.2 Å². The van der Waals surface area contributed by atoms with Gasteiger partial charge in [0.05, 0.1) is 5.92 Å². The largest absolute Gasteiger partial charge is 0.481 e. The molecule has 1 heterocycles. The molecule has 1 fully saturated rings. The van der Waals surface area contributed by atoms with Crippen LogP contribution in [0.3, 0.4) is 0 Å². The first-order chi connectivity index (χ1) is 9.47. The van der Waals surface area contributed by atoms with Crippen LogP contribution in [0.15, 0.2) is 0 Å². The molecule has 0 aromatic carbocycles. The SMILES string of the molecule is CCC1CCCCCN1C(=O)NCC(C(=O)O)C(C)C. The molecule has 1 aliphatic heterocycles. The van der Waals surface area contributed by atoms with Gasteiger partial charge in [0.2, 0.25) is 0 Å². The first kappa shape index (κ1) is 16.8. The Morgan fingerprint density at radius 3 is 2.55 bits per heavy atom. The van der Waals surface area contributed by atoms with Crippen LogP contribution in [0.2, 0.25) is 0 Å². The summed E-state index contributed by atoms with van der Waals surface area (Å²) in [6.45, 7) is 6.82. The maximum absolute atomic E-state index is 12.3. The van der Waals surface area contributed by atoms with Crippen molar-refractivity contribution in [3.05, 3.63) is 0 Å². The number of hydrogen-bond donors (Lipinski definition) is 2. The number of nitrogens with one attached hydrogen (secondary N) is 1. The first-order valence-electron chi connectivity index (χ1n) is 7.74. The van der Waals surface area contributed by atoms with E-state index in [1.54, 1.807) is 0 Å². The molecule has 5 nitrogen and oxygen atoms in total. The Hall–Kier alpha value is -1.26. The average molecular weight is 284 g/mol. The summed E-state index contributed by atoms with van der Waals surface area (Å²) in [6.07, 6.45) is 5.39. The number of rotatable bonds is 5. The van der Waals surface area contributed by atoms with Crippen LogP contribution in [-0.2, 0) is 4.79 Å². The van der Waals surface area contributed by atoms with E-state index in [4.69, 9.17) is 5.11 Å². The van der Waals surface area contributed by atoms with Crippen LogP contribution in [0.4, 0.5) is 4.79 Å². The van der Waals surface area contributed by atoms with E-state index < -0.39 is 11.9 Å². The zero-order valence-electron chi connectivity index (χ0n) is 12.9. The van der Waals surface area contributed by atoms with Crippen LogP contribution >= 0.6 is 0 Å². The molecule has 1 saturated heterocycles. The number of nitrogens with zero attached hydrogens (tertiary/aromatic N) is 1. The van der Waals surface area contributed by atoms with Crippen LogP contribution < -0.4 is 5.32 Å². The number of hydrogen-bond acceptors (Lipinski definition) is 2. The Bertz CT molecular complexity index is 331. The number of carbonyl (C=O) groups excluding carboxylic acids is 1. The van der Waals surface area contributed by atoms with Crippen molar-refractivity contribution < 1.29 is 14.7 Å². The third-order valence-electron chi connectivity index (χ3n) is 4.20. The maximum atomic E-state index is 12.3. The molecule has 20 heavy (non-hydrogen) atoms. The lowest BCUT2D eigenvalue weighted by Gasteiger charge is -2.30. The third-order valence-corrected chi connectivity index (χ3v) is 4.20. The molecule has 1 aliphatic rings. The van der Waals surface area contributed by atoms with Crippen molar-refractivity contribution in [1.29, 1.82) is 0 Å². The van der Waals surface area contributed by atoms with Gasteiger partial charge in [-0.05, 0) is 25.2 Å². The maximum Gasteiger partial charge on any atom is 0.317 e. The minimum absolute atomic E-state index is 0.0129. The number of carboxylic acids is 1. The summed E-state index contributed by atoms with van der Waals surface area (Å²) in [6, 6.07) is 0.186. The van der Waals surface area contributed by atoms with Gasteiger partial charge in [-0.25, -0.2) is 4.79 Å². The van der Waals surface area contributed by atoms with Crippen molar-refractivity contribution in [2.75, 3.05) is 13.1 Å². The molecule has 116 valence electrons. The number of urea groups is 1. The predicted molar refractivity (Wildman–Crippen MR) is 78.6 cm³/mol. The number of carboxylic acid groups (broad SMARTS) is 1. The summed E-state index contributed by atoms with van der Waals surface area (Å²) in [4.78, 5) is 25.3. The van der Waals surface area contributed by atoms with Gasteiger partial charge in [0.25, 0.3) is 0 Å². The lowest BCUT2D eigenvalue weighted by Crippen LogP contribution is -2.48. The molecule has 0 aromatic rings. The van der Waals surface area contributed by atoms with E-state index in [9.17, 15) is 9.59 Å². The first-order valence-corrected chi connectivity index (χ1v) is 7.74. The Labute approximate surface area is 121 Å². The van der Waals surface area contributed by atoms with Gasteiger partial charge in [-0.3, -0.25) is 4.79 Å². The second-order valence-corrected chi connectivity index (χ2v) is 5.98. The Morgan fingerprint density at radius 1 is 1.30 bits per heavy atom. The topological polar surface area (TPSA) is 69.6 Å². The molecule has 5 heteroatoms. The molecular weight excluding hydrogens is 256 g/mol. The van der Waals surface area contributed by atoms with Crippen molar-refractivity contribution in [2.45, 2.75) is 58.9 Å². The fourth-order valence-corrected chi connectivity index (χ4v) is 2.78. The zero-order chi connectivity index (χ0) is 15.1. The standard InChI is InChI=1S/C15H28N2O3/c1-4-12-8-6-5-7-9-17(12)15(20)16-10-13(11(2)3)14(18)19/h11-13H,4-10H2,1-3H3,(H,16,20)(H,18,19). The van der Waals surface area contributed by atoms with Crippen molar-refractivity contribution in [2.24, 2.45) is 11.8 Å². The molecule has 0 spiro atoms. The molecule has 0 saturated carbocycles. The van der Waals surface area contributed by atoms with Crippen molar-refractivity contribution in [3.63, 3.8) is 0 Å². The van der Waals surface area contributed by atoms with Crippen molar-refractivity contribution in [3.8, 4) is 0 Å². The lowest BCUT2D eigenvalue weighted by atomic mass is 9.96. The van der Waals surface area contributed by atoms with Gasteiger partial charge in [-0.2, -0.15) is 0 Å². The highest BCUT2D eigenvalue weighted by atomic mass is 16.4. The Kier molecular flexibility index (Phi) is 6.82. The summed E-state index contributed by atoms with van der Waals surface area (Å²) in [5.74, 6) is -1.35. The van der Waals surface area contributed by atoms with Gasteiger partial charge in [0.15, 0.2) is 0 Å². The highest BCUT2D eigenvalue weighted by Crippen LogP contribution is 2.19. The number of likely N-dealkylation sites (tertiary alicyclic amines) is 1. The normalized spacial score (nSPS) is 21.4. The average Bonchev–Trinajstić information content (AvgIpc) is 2.62. The second kappa shape index (κ2) is 8.12. The van der Waals surface area contributed by atoms with Gasteiger partial charge >= 0.3 is 12.0 Å². The highest BCUT2D eigenvalue weighted by Gasteiger charge is 2.26. The van der Waals surface area contributed by atoms with E-state index in [0.29, 0.717) is 6.04 Å². The summed E-state index contributed by atoms with van der Waals surface area (Å²) in [5.41, 5.74) is 0. The molecule has 0 aromatic heterocycles. The molecule has 2 atom stereocenters. The fourth-order valence-electron chi connectivity index (χ4n) is 2.78. The number of amides is 2. The van der Waals surface area contributed by atoms with Gasteiger partial charge in [0.1, 0.15) is 0 Å². The van der Waals surface area contributed by atoms with Gasteiger partial charge in [0, 0.05) is 19.1 Å². The summed E-state index contributed by atoms with van der Waals surface area (Å²) < 4.78 is 0. The molecule has 2 N–H and O–H groups in total. The van der Waals surface area contributed by atoms with E-state index >= 15 is 0 Å². The smallest absolute Gasteiger partial charge is 0.317 e. The molecule has 0 radical (unpaired) electrons. The molecule has 1 rings (SSSR count). The van der Waals surface area contributed by atoms with Crippen LogP contribution in [0, 0.1) is 11.8 Å². The Morgan fingerprint density at radius 2 is 2.00 bits per heavy atom. The van der Waals surface area contributed by atoms with Gasteiger partial charge in [-0.1, -0.05) is 33.6 Å². The van der Waals surface area contributed by atoms with Crippen LogP contribution in [0.1, 0.15) is 52.9 Å². The molecule has 2 amide bonds. The quantitative estimate of drug-likeness (QED) is 0.815. The third kappa shape index (κ3) is 4.69. The van der Waals surface area contributed by atoms with Crippen LogP contribution in [0.5, 0.6) is 0 Å². The van der Waals surface area contributed by atoms with Crippen LogP contribution in [-0.4, -0.2) is 41.1 Å². The van der Waals surface area contributed by atoms with E-state index in [1.807, 2.05) is 18.7 Å². The summed E-state index contributed by atoms with van der Waals surface area (Å²) in [7, 11) is 0. The minimum Gasteiger partial charge on any atom is -0.481 e. The van der Waals surface area contributed by atoms with E-state index in [-0.39, 0.29) is 18.5 Å². The van der Waals surface area contributed by atoms with Crippen LogP contribution in [0.25, 0.3) is 0 Å². The summed E-state index contributed by atoms with van der Waals surface area (Å²) in [5, 5.41) is 12.0. The monoisotopic (exact) mass is 284 g/mol. The molecule has 2 unspecified atom stereocenters. The Balaban J connectivity index is 2.57. The minimum atomic E-state index is -0.844. The van der Waals surface area contributed by atoms with Crippen molar-refractivity contribution in [1.82, 2.24) is 10.2 Å². The summed E-state index contributed by atoms with van der Waals surface area (Å²) >= 11 is 0. The van der Waals surface area contributed by atoms with Gasteiger partial charge < -0.3 is 15.3 Å². The number of carbonyl (C=O) groups is 2. The highest BCUT2D eigenvalue weighted by molar-refractivity contribution is 5.76. The van der Waals surface area contributed by atoms with Gasteiger partial charge in [-0.15, -0.1) is 0 Å². The van der Waals surface area contributed by atoms with Crippen molar-refractivity contribution >= 4 is 12.0 Å².